The highest BCUT2D eigenvalue weighted by Gasteiger charge is 2.15. The van der Waals surface area contributed by atoms with E-state index in [1.54, 1.807) is 24.6 Å². The van der Waals surface area contributed by atoms with Crippen LogP contribution in [0.15, 0.2) is 22.6 Å². The average molecular weight is 371 g/mol. The Morgan fingerprint density at radius 3 is 3.19 bits per heavy atom. The van der Waals surface area contributed by atoms with Crippen LogP contribution >= 0.6 is 11.3 Å². The Hall–Kier alpha value is -2.25. The number of amidine groups is 1. The predicted molar refractivity (Wildman–Crippen MR) is 110 cm³/mol. The molecule has 1 fully saturated rings. The van der Waals surface area contributed by atoms with Crippen LogP contribution in [0, 0.1) is 5.41 Å². The van der Waals surface area contributed by atoms with E-state index in [2.05, 4.69) is 38.2 Å². The summed E-state index contributed by atoms with van der Waals surface area (Å²) in [5, 5.41) is 23.8. The van der Waals surface area contributed by atoms with Crippen molar-refractivity contribution in [3.05, 3.63) is 38.7 Å². The maximum Gasteiger partial charge on any atom is 0.126 e. The third-order valence-electron chi connectivity index (χ3n) is 4.48. The van der Waals surface area contributed by atoms with E-state index in [1.165, 1.54) is 4.88 Å². The lowest BCUT2D eigenvalue weighted by Crippen LogP contribution is -2.45. The molecule has 0 saturated carbocycles. The molecule has 2 aromatic rings. The van der Waals surface area contributed by atoms with Crippen LogP contribution in [0.3, 0.4) is 0 Å². The van der Waals surface area contributed by atoms with E-state index in [9.17, 15) is 0 Å². The molecule has 0 bridgehead atoms. The van der Waals surface area contributed by atoms with Gasteiger partial charge in [-0.1, -0.05) is 6.08 Å². The second kappa shape index (κ2) is 8.91. The summed E-state index contributed by atoms with van der Waals surface area (Å²) < 4.78 is 1.99. The molecule has 3 heterocycles. The highest BCUT2D eigenvalue weighted by atomic mass is 32.1. The van der Waals surface area contributed by atoms with E-state index in [0.717, 1.165) is 42.1 Å². The Balaban J connectivity index is 1.71. The molecule has 0 aliphatic carbocycles. The van der Waals surface area contributed by atoms with E-state index < -0.39 is 0 Å². The first-order chi connectivity index (χ1) is 12.7. The predicted octanol–water partition coefficient (Wildman–Crippen LogP) is 0.941. The van der Waals surface area contributed by atoms with Crippen molar-refractivity contribution in [2.24, 2.45) is 4.99 Å². The summed E-state index contributed by atoms with van der Waals surface area (Å²) in [6, 6.07) is 2.44. The molecule has 0 spiro atoms. The highest BCUT2D eigenvalue weighted by molar-refractivity contribution is 7.10. The Labute approximate surface area is 157 Å². The summed E-state index contributed by atoms with van der Waals surface area (Å²) >= 11 is 1.67. The van der Waals surface area contributed by atoms with Crippen LogP contribution in [0.5, 0.6) is 0 Å². The molecule has 1 atom stereocenters. The molecule has 26 heavy (non-hydrogen) atoms. The van der Waals surface area contributed by atoms with Gasteiger partial charge in [0.15, 0.2) is 0 Å². The lowest BCUT2D eigenvalue weighted by Gasteiger charge is -2.24. The minimum absolute atomic E-state index is 0.352. The summed E-state index contributed by atoms with van der Waals surface area (Å²) in [6.07, 6.45) is 9.97. The van der Waals surface area contributed by atoms with Gasteiger partial charge in [0.25, 0.3) is 0 Å². The van der Waals surface area contributed by atoms with Gasteiger partial charge in [-0.05, 0) is 38.5 Å². The Bertz CT molecular complexity index is 886. The Morgan fingerprint density at radius 1 is 1.58 bits per heavy atom. The van der Waals surface area contributed by atoms with Gasteiger partial charge in [-0.25, -0.2) is 0 Å². The number of thiophene rings is 1. The van der Waals surface area contributed by atoms with Gasteiger partial charge in [-0.15, -0.1) is 11.3 Å². The number of nitrogens with one attached hydrogen (secondary N) is 3. The number of aliphatic imine (C=N–C) groups is 1. The Morgan fingerprint density at radius 2 is 2.46 bits per heavy atom. The Kier molecular flexibility index (Phi) is 6.35. The smallest absolute Gasteiger partial charge is 0.126 e. The molecule has 1 saturated heterocycles. The first-order valence-corrected chi connectivity index (χ1v) is 9.83. The van der Waals surface area contributed by atoms with Crippen LogP contribution in [0.2, 0.25) is 0 Å². The zero-order valence-electron chi connectivity index (χ0n) is 15.3. The second-order valence-corrected chi connectivity index (χ2v) is 7.37. The normalized spacial score (nSPS) is 19.4. The van der Waals surface area contributed by atoms with Gasteiger partial charge in [0.1, 0.15) is 5.84 Å². The van der Waals surface area contributed by atoms with Crippen molar-refractivity contribution in [3.63, 3.8) is 0 Å². The van der Waals surface area contributed by atoms with Crippen LogP contribution < -0.4 is 21.2 Å². The van der Waals surface area contributed by atoms with Crippen LogP contribution in [0.25, 0.3) is 12.2 Å². The fourth-order valence-corrected chi connectivity index (χ4v) is 3.99. The molecule has 3 N–H and O–H groups in total. The van der Waals surface area contributed by atoms with Crippen LogP contribution in [0.1, 0.15) is 30.2 Å². The quantitative estimate of drug-likeness (QED) is 0.541. The summed E-state index contributed by atoms with van der Waals surface area (Å²) in [7, 11) is 1.76. The van der Waals surface area contributed by atoms with Crippen molar-refractivity contribution in [1.82, 2.24) is 20.4 Å². The summed E-state index contributed by atoms with van der Waals surface area (Å²) in [6.45, 7) is 4.74. The molecular weight excluding hydrogens is 344 g/mol. The number of hydrogen-bond donors (Lipinski definition) is 3. The van der Waals surface area contributed by atoms with Gasteiger partial charge in [0.2, 0.25) is 0 Å². The summed E-state index contributed by atoms with van der Waals surface area (Å²) in [5.41, 5.74) is 0.953. The van der Waals surface area contributed by atoms with Crippen molar-refractivity contribution < 1.29 is 0 Å². The van der Waals surface area contributed by atoms with Gasteiger partial charge in [0.05, 0.1) is 18.1 Å². The maximum absolute atomic E-state index is 8.34. The fourth-order valence-electron chi connectivity index (χ4n) is 3.14. The minimum Gasteiger partial charge on any atom is -0.366 e. The van der Waals surface area contributed by atoms with Gasteiger partial charge in [-0.2, -0.15) is 5.10 Å². The first kappa shape index (κ1) is 18.5. The van der Waals surface area contributed by atoms with Crippen molar-refractivity contribution in [3.8, 4) is 0 Å². The first-order valence-electron chi connectivity index (χ1n) is 8.95. The number of hydrogen-bond acceptors (Lipinski definition) is 5. The molecule has 1 unspecified atom stereocenters. The SMILES string of the molecule is C\C=c1/c(=C\C=N\C)cnn1Cc1cc(C(=N)NC2CCCNC2)cs1. The fraction of sp³-hybridized carbons (Fsp3) is 0.421. The number of aromatic nitrogens is 2. The molecule has 138 valence electrons. The molecule has 1 aliphatic rings. The molecule has 2 aromatic heterocycles. The number of nitrogens with zero attached hydrogens (tertiary/aromatic N) is 3. The topological polar surface area (TPSA) is 78.1 Å². The zero-order chi connectivity index (χ0) is 18.4. The van der Waals surface area contributed by atoms with Crippen molar-refractivity contribution in [2.45, 2.75) is 32.4 Å². The monoisotopic (exact) mass is 370 g/mol. The molecule has 7 heteroatoms. The molecular formula is C19H26N6S. The van der Waals surface area contributed by atoms with E-state index >= 15 is 0 Å². The van der Waals surface area contributed by atoms with Gasteiger partial charge >= 0.3 is 0 Å². The molecule has 0 radical (unpaired) electrons. The molecule has 3 rings (SSSR count). The van der Waals surface area contributed by atoms with Crippen molar-refractivity contribution in [2.75, 3.05) is 20.1 Å². The standard InChI is InChI=1S/C19H26N6S/c1-3-18-14(6-8-21-2)10-23-25(18)12-17-9-15(13-26-17)19(20)24-16-5-4-7-22-11-16/h3,6,8-10,13,16,22H,4-5,7,11-12H2,1-2H3,(H2,20,24)/b14-6-,18-3+,21-8+. The van der Waals surface area contributed by atoms with E-state index in [0.29, 0.717) is 18.4 Å². The van der Waals surface area contributed by atoms with Gasteiger partial charge < -0.3 is 10.6 Å². The second-order valence-electron chi connectivity index (χ2n) is 6.37. The molecule has 1 aliphatic heterocycles. The third-order valence-corrected chi connectivity index (χ3v) is 5.40. The number of piperidine rings is 1. The lowest BCUT2D eigenvalue weighted by molar-refractivity contribution is 0.431. The van der Waals surface area contributed by atoms with Crippen molar-refractivity contribution in [1.29, 1.82) is 5.41 Å². The zero-order valence-corrected chi connectivity index (χ0v) is 16.1. The largest absolute Gasteiger partial charge is 0.366 e. The van der Waals surface area contributed by atoms with Gasteiger partial charge in [0, 0.05) is 46.9 Å². The highest BCUT2D eigenvalue weighted by Crippen LogP contribution is 2.16. The number of rotatable bonds is 5. The van der Waals surface area contributed by atoms with E-state index in [1.807, 2.05) is 23.9 Å². The van der Waals surface area contributed by atoms with Crippen molar-refractivity contribution >= 4 is 35.5 Å². The van der Waals surface area contributed by atoms with Crippen LogP contribution in [0.4, 0.5) is 0 Å². The van der Waals surface area contributed by atoms with E-state index in [4.69, 9.17) is 5.41 Å². The molecule has 0 amide bonds. The minimum atomic E-state index is 0.352. The van der Waals surface area contributed by atoms with Crippen LogP contribution in [-0.4, -0.2) is 48.0 Å². The lowest BCUT2D eigenvalue weighted by atomic mass is 10.1. The summed E-state index contributed by atoms with van der Waals surface area (Å²) in [4.78, 5) is 5.20. The maximum atomic E-state index is 8.34. The average Bonchev–Trinajstić information content (AvgIpc) is 3.28. The molecule has 0 aromatic carbocycles. The van der Waals surface area contributed by atoms with E-state index in [-0.39, 0.29) is 0 Å². The van der Waals surface area contributed by atoms with Gasteiger partial charge in [-0.3, -0.25) is 15.1 Å². The molecule has 6 nitrogen and oxygen atoms in total. The van der Waals surface area contributed by atoms with Crippen LogP contribution in [-0.2, 0) is 6.54 Å². The third kappa shape index (κ3) is 4.47. The summed E-state index contributed by atoms with van der Waals surface area (Å²) in [5.74, 6) is 0.511.